The van der Waals surface area contributed by atoms with Crippen molar-refractivity contribution in [3.63, 3.8) is 0 Å². The predicted octanol–water partition coefficient (Wildman–Crippen LogP) is 0.126. The Morgan fingerprint density at radius 2 is 2.36 bits per heavy atom. The Hall–Kier alpha value is -2.00. The molecule has 0 aliphatic carbocycles. The lowest BCUT2D eigenvalue weighted by atomic mass is 10.1. The normalized spacial score (nSPS) is 17.6. The van der Waals surface area contributed by atoms with Crippen molar-refractivity contribution in [2.24, 2.45) is 0 Å². The summed E-state index contributed by atoms with van der Waals surface area (Å²) in [5.41, 5.74) is 0. The van der Waals surface area contributed by atoms with Crippen LogP contribution in [0.5, 0.6) is 0 Å². The van der Waals surface area contributed by atoms with Crippen molar-refractivity contribution in [1.29, 1.82) is 0 Å². The highest BCUT2D eigenvalue weighted by molar-refractivity contribution is 7.80. The number of hydrogen-bond acceptors (Lipinski definition) is 6. The number of nitrogens with zero attached hydrogens (tertiary/aromatic N) is 1. The fourth-order valence-corrected chi connectivity index (χ4v) is 2.97. The van der Waals surface area contributed by atoms with Crippen LogP contribution in [-0.2, 0) is 14.3 Å². The van der Waals surface area contributed by atoms with Gasteiger partial charge < -0.3 is 15.0 Å². The number of carbonyl (C=O) groups is 3. The van der Waals surface area contributed by atoms with Gasteiger partial charge in [0.05, 0.1) is 18.4 Å². The molecular formula is C13H15N3O4S2. The Kier molecular flexibility index (Phi) is 5.45. The van der Waals surface area contributed by atoms with E-state index < -0.39 is 12.0 Å². The van der Waals surface area contributed by atoms with Crippen molar-refractivity contribution >= 4 is 46.5 Å². The summed E-state index contributed by atoms with van der Waals surface area (Å²) in [6.45, 7) is 0.808. The van der Waals surface area contributed by atoms with Crippen LogP contribution in [0.2, 0.25) is 0 Å². The summed E-state index contributed by atoms with van der Waals surface area (Å²) in [5.74, 6) is -1.16. The maximum atomic E-state index is 12.0. The van der Waals surface area contributed by atoms with Crippen LogP contribution >= 0.6 is 23.6 Å². The number of nitrogens with one attached hydrogen (secondary N) is 2. The number of piperazine rings is 1. The second-order valence-corrected chi connectivity index (χ2v) is 5.85. The zero-order chi connectivity index (χ0) is 16.1. The fourth-order valence-electron chi connectivity index (χ4n) is 2.04. The first-order valence-electron chi connectivity index (χ1n) is 6.53. The summed E-state index contributed by atoms with van der Waals surface area (Å²) in [6, 6.07) is 2.66. The highest BCUT2D eigenvalue weighted by Gasteiger charge is 2.34. The van der Waals surface area contributed by atoms with Gasteiger partial charge in [-0.25, -0.2) is 0 Å². The fraction of sp³-hybridized carbons (Fsp3) is 0.385. The summed E-state index contributed by atoms with van der Waals surface area (Å²) in [4.78, 5) is 37.5. The molecule has 1 saturated heterocycles. The first-order chi connectivity index (χ1) is 10.5. The molecule has 0 radical (unpaired) electrons. The molecule has 0 saturated carbocycles. The zero-order valence-corrected chi connectivity index (χ0v) is 13.5. The largest absolute Gasteiger partial charge is 0.469 e. The number of hydrogen-bond donors (Lipinski definition) is 2. The Labute approximate surface area is 136 Å². The Morgan fingerprint density at radius 1 is 1.59 bits per heavy atom. The quantitative estimate of drug-likeness (QED) is 0.600. The molecule has 0 aromatic carbocycles. The monoisotopic (exact) mass is 341 g/mol. The number of thiocarbonyl (C=S) groups is 1. The van der Waals surface area contributed by atoms with Gasteiger partial charge in [-0.05, 0) is 23.7 Å². The summed E-state index contributed by atoms with van der Waals surface area (Å²) in [6.07, 6.45) is -0.128. The molecule has 1 unspecified atom stereocenters. The van der Waals surface area contributed by atoms with Gasteiger partial charge in [-0.1, -0.05) is 6.07 Å². The van der Waals surface area contributed by atoms with Crippen molar-refractivity contribution < 1.29 is 19.1 Å². The van der Waals surface area contributed by atoms with Gasteiger partial charge >= 0.3 is 5.97 Å². The van der Waals surface area contributed by atoms with Gasteiger partial charge in [0.2, 0.25) is 5.91 Å². The standard InChI is InChI=1S/C13H15N3O4S2/c1-20-10(17)7-8-11(18)14-4-5-16(8)13(21)15-12(19)9-3-2-6-22-9/h2-3,6,8H,4-5,7H2,1H3,(H,14,18)(H,15,19,21). The summed E-state index contributed by atoms with van der Waals surface area (Å²) < 4.78 is 4.59. The van der Waals surface area contributed by atoms with Gasteiger partial charge in [-0.3, -0.25) is 19.7 Å². The highest BCUT2D eigenvalue weighted by Crippen LogP contribution is 2.12. The van der Waals surface area contributed by atoms with E-state index in [1.165, 1.54) is 23.3 Å². The molecule has 2 amide bonds. The minimum atomic E-state index is -0.780. The smallest absolute Gasteiger partial charge is 0.308 e. The van der Waals surface area contributed by atoms with Crippen LogP contribution < -0.4 is 10.6 Å². The van der Waals surface area contributed by atoms with E-state index in [2.05, 4.69) is 15.4 Å². The van der Waals surface area contributed by atoms with E-state index in [1.807, 2.05) is 0 Å². The van der Waals surface area contributed by atoms with Crippen LogP contribution in [0.15, 0.2) is 17.5 Å². The second-order valence-electron chi connectivity index (χ2n) is 4.52. The maximum Gasteiger partial charge on any atom is 0.308 e. The minimum absolute atomic E-state index is 0.127. The molecule has 1 atom stereocenters. The molecule has 1 fully saturated rings. The van der Waals surface area contributed by atoms with Crippen LogP contribution in [0.1, 0.15) is 16.1 Å². The lowest BCUT2D eigenvalue weighted by Crippen LogP contribution is -2.60. The first kappa shape index (κ1) is 16.4. The summed E-state index contributed by atoms with van der Waals surface area (Å²) in [5, 5.41) is 7.17. The third kappa shape index (κ3) is 3.80. The average Bonchev–Trinajstić information content (AvgIpc) is 3.03. The summed E-state index contributed by atoms with van der Waals surface area (Å²) >= 11 is 6.50. The van der Waals surface area contributed by atoms with Gasteiger partial charge in [-0.15, -0.1) is 11.3 Å². The average molecular weight is 341 g/mol. The van der Waals surface area contributed by atoms with E-state index in [9.17, 15) is 14.4 Å². The number of rotatable bonds is 3. The van der Waals surface area contributed by atoms with Crippen molar-refractivity contribution in [1.82, 2.24) is 15.5 Å². The van der Waals surface area contributed by atoms with Gasteiger partial charge in [0, 0.05) is 13.1 Å². The van der Waals surface area contributed by atoms with Gasteiger partial charge in [0.1, 0.15) is 6.04 Å². The van der Waals surface area contributed by atoms with E-state index >= 15 is 0 Å². The molecule has 1 aliphatic rings. The third-order valence-corrected chi connectivity index (χ3v) is 4.35. The van der Waals surface area contributed by atoms with Crippen LogP contribution in [-0.4, -0.2) is 54.0 Å². The van der Waals surface area contributed by atoms with Crippen LogP contribution in [0.3, 0.4) is 0 Å². The molecule has 22 heavy (non-hydrogen) atoms. The molecule has 0 bridgehead atoms. The molecule has 1 aliphatic heterocycles. The Balaban J connectivity index is 2.06. The van der Waals surface area contributed by atoms with Crippen molar-refractivity contribution in [2.45, 2.75) is 12.5 Å². The zero-order valence-electron chi connectivity index (χ0n) is 11.8. The molecular weight excluding hydrogens is 326 g/mol. The van der Waals surface area contributed by atoms with E-state index in [1.54, 1.807) is 17.5 Å². The highest BCUT2D eigenvalue weighted by atomic mass is 32.1. The van der Waals surface area contributed by atoms with Crippen molar-refractivity contribution in [3.05, 3.63) is 22.4 Å². The number of ether oxygens (including phenoxy) is 1. The van der Waals surface area contributed by atoms with Crippen LogP contribution in [0.25, 0.3) is 0 Å². The molecule has 118 valence electrons. The van der Waals surface area contributed by atoms with Crippen LogP contribution in [0, 0.1) is 0 Å². The molecule has 9 heteroatoms. The molecule has 1 aromatic rings. The Morgan fingerprint density at radius 3 is 3.00 bits per heavy atom. The topological polar surface area (TPSA) is 87.7 Å². The van der Waals surface area contributed by atoms with Crippen molar-refractivity contribution in [3.8, 4) is 0 Å². The second kappa shape index (κ2) is 7.32. The Bertz CT molecular complexity index is 588. The molecule has 1 aromatic heterocycles. The molecule has 2 heterocycles. The number of thiophene rings is 1. The van der Waals surface area contributed by atoms with Gasteiger partial charge in [-0.2, -0.15) is 0 Å². The summed E-state index contributed by atoms with van der Waals surface area (Å²) in [7, 11) is 1.25. The first-order valence-corrected chi connectivity index (χ1v) is 7.81. The third-order valence-electron chi connectivity index (χ3n) is 3.14. The van der Waals surface area contributed by atoms with Gasteiger partial charge in [0.15, 0.2) is 5.11 Å². The maximum absolute atomic E-state index is 12.0. The molecule has 2 rings (SSSR count). The lowest BCUT2D eigenvalue weighted by molar-refractivity contribution is -0.144. The SMILES string of the molecule is COC(=O)CC1C(=O)NCCN1C(=S)NC(=O)c1cccs1. The number of methoxy groups -OCH3 is 1. The molecule has 0 spiro atoms. The minimum Gasteiger partial charge on any atom is -0.469 e. The number of esters is 1. The van der Waals surface area contributed by atoms with E-state index in [4.69, 9.17) is 12.2 Å². The lowest BCUT2D eigenvalue weighted by Gasteiger charge is -2.36. The van der Waals surface area contributed by atoms with E-state index in [0.29, 0.717) is 18.0 Å². The van der Waals surface area contributed by atoms with E-state index in [0.717, 1.165) is 0 Å². The molecule has 2 N–H and O–H groups in total. The predicted molar refractivity (Wildman–Crippen MR) is 84.5 cm³/mol. The van der Waals surface area contributed by atoms with Crippen LogP contribution in [0.4, 0.5) is 0 Å². The van der Waals surface area contributed by atoms with Crippen molar-refractivity contribution in [2.75, 3.05) is 20.2 Å². The van der Waals surface area contributed by atoms with E-state index in [-0.39, 0.29) is 23.3 Å². The van der Waals surface area contributed by atoms with Gasteiger partial charge in [0.25, 0.3) is 5.91 Å². The number of carbonyl (C=O) groups excluding carboxylic acids is 3. The molecule has 7 nitrogen and oxygen atoms in total. The number of amides is 2.